The minimum absolute atomic E-state index is 0.0192. The van der Waals surface area contributed by atoms with Crippen LogP contribution in [0.15, 0.2) is 42.5 Å². The molecule has 0 radical (unpaired) electrons. The first kappa shape index (κ1) is 22.3. The second-order valence-corrected chi connectivity index (χ2v) is 8.97. The minimum Gasteiger partial charge on any atom is -0.395 e. The summed E-state index contributed by atoms with van der Waals surface area (Å²) in [4.78, 5) is 21.2. The maximum atomic E-state index is 13.3. The molecule has 32 heavy (non-hydrogen) atoms. The number of hydrogen-bond donors (Lipinski definition) is 2. The summed E-state index contributed by atoms with van der Waals surface area (Å²) < 4.78 is 41.4. The third-order valence-electron chi connectivity index (χ3n) is 6.39. The van der Waals surface area contributed by atoms with E-state index in [9.17, 15) is 23.1 Å². The van der Waals surface area contributed by atoms with Crippen LogP contribution in [0.4, 0.5) is 19.1 Å². The minimum atomic E-state index is -4.58. The van der Waals surface area contributed by atoms with Crippen molar-refractivity contribution in [2.45, 2.75) is 56.7 Å². The van der Waals surface area contributed by atoms with Crippen molar-refractivity contribution in [3.8, 4) is 0 Å². The van der Waals surface area contributed by atoms with Gasteiger partial charge in [-0.3, -0.25) is 14.7 Å². The van der Waals surface area contributed by atoms with Gasteiger partial charge in [-0.1, -0.05) is 37.3 Å². The van der Waals surface area contributed by atoms with Crippen molar-refractivity contribution in [1.29, 1.82) is 0 Å². The van der Waals surface area contributed by atoms with Crippen molar-refractivity contribution < 1.29 is 23.1 Å². The predicted octanol–water partition coefficient (Wildman–Crippen LogP) is 4.63. The van der Waals surface area contributed by atoms with Gasteiger partial charge in [0.2, 0.25) is 11.9 Å². The molecule has 0 bridgehead atoms. The lowest BCUT2D eigenvalue weighted by atomic mass is 9.78. The second-order valence-electron chi connectivity index (χ2n) is 8.97. The van der Waals surface area contributed by atoms with Crippen LogP contribution in [0.2, 0.25) is 0 Å². The van der Waals surface area contributed by atoms with Crippen LogP contribution in [0.25, 0.3) is 11.2 Å². The van der Waals surface area contributed by atoms with Gasteiger partial charge in [0, 0.05) is 17.4 Å². The number of pyridine rings is 1. The Morgan fingerprint density at radius 1 is 1.16 bits per heavy atom. The van der Waals surface area contributed by atoms with E-state index < -0.39 is 22.8 Å². The van der Waals surface area contributed by atoms with Crippen molar-refractivity contribution >= 4 is 23.0 Å². The molecule has 1 saturated carbocycles. The molecule has 1 aromatic carbocycles. The third-order valence-corrected chi connectivity index (χ3v) is 6.39. The number of fused-ring (bicyclic) bond motifs is 1. The van der Waals surface area contributed by atoms with Crippen LogP contribution >= 0.6 is 0 Å². The van der Waals surface area contributed by atoms with Gasteiger partial charge in [-0.25, -0.2) is 9.97 Å². The quantitative estimate of drug-likeness (QED) is 0.579. The van der Waals surface area contributed by atoms with Crippen molar-refractivity contribution in [2.75, 3.05) is 11.9 Å². The number of aromatic nitrogens is 3. The Labute approximate surface area is 183 Å². The number of hydrogen-bond acceptors (Lipinski definition) is 4. The van der Waals surface area contributed by atoms with Crippen LogP contribution in [0.5, 0.6) is 0 Å². The van der Waals surface area contributed by atoms with Crippen LogP contribution in [0, 0.1) is 0 Å². The number of amides is 1. The molecule has 0 spiro atoms. The summed E-state index contributed by atoms with van der Waals surface area (Å²) in [7, 11) is 0. The van der Waals surface area contributed by atoms with Crippen LogP contribution in [-0.2, 0) is 21.9 Å². The summed E-state index contributed by atoms with van der Waals surface area (Å²) in [5, 5.41) is 12.8. The maximum Gasteiger partial charge on any atom is 0.433 e. The normalized spacial score (nSPS) is 17.6. The first-order valence-corrected chi connectivity index (χ1v) is 10.5. The van der Waals surface area contributed by atoms with Crippen LogP contribution in [0.1, 0.15) is 50.8 Å². The highest BCUT2D eigenvalue weighted by atomic mass is 19.4. The van der Waals surface area contributed by atoms with E-state index in [1.807, 2.05) is 37.3 Å². The average molecular weight is 446 g/mol. The van der Waals surface area contributed by atoms with E-state index in [1.165, 1.54) is 6.07 Å². The van der Waals surface area contributed by atoms with Gasteiger partial charge in [0.25, 0.3) is 0 Å². The van der Waals surface area contributed by atoms with Gasteiger partial charge in [0.05, 0.1) is 6.61 Å². The molecule has 1 fully saturated rings. The zero-order valence-corrected chi connectivity index (χ0v) is 17.9. The SMILES string of the molecule is CC1(n2c(NC(=O)C[C@](C)(CO)c3ccccc3)nc3ccc(C(F)(F)F)nc32)CCC1. The molecule has 4 rings (SSSR count). The Morgan fingerprint density at radius 2 is 1.84 bits per heavy atom. The highest BCUT2D eigenvalue weighted by molar-refractivity contribution is 5.92. The molecule has 0 unspecified atom stereocenters. The van der Waals surface area contributed by atoms with E-state index in [0.717, 1.165) is 30.9 Å². The monoisotopic (exact) mass is 446 g/mol. The van der Waals surface area contributed by atoms with E-state index in [0.29, 0.717) is 0 Å². The van der Waals surface area contributed by atoms with Crippen molar-refractivity contribution in [2.24, 2.45) is 0 Å². The smallest absolute Gasteiger partial charge is 0.395 e. The summed E-state index contributed by atoms with van der Waals surface area (Å²) in [6.07, 6.45) is -2.17. The number of carbonyl (C=O) groups excluding carboxylic acids is 1. The summed E-state index contributed by atoms with van der Waals surface area (Å²) >= 11 is 0. The Hall–Kier alpha value is -2.94. The molecule has 3 aromatic rings. The largest absolute Gasteiger partial charge is 0.433 e. The van der Waals surface area contributed by atoms with E-state index in [1.54, 1.807) is 11.5 Å². The average Bonchev–Trinajstić information content (AvgIpc) is 3.09. The summed E-state index contributed by atoms with van der Waals surface area (Å²) in [6, 6.07) is 11.4. The van der Waals surface area contributed by atoms with Gasteiger partial charge in [0.15, 0.2) is 5.65 Å². The third kappa shape index (κ3) is 3.97. The number of nitrogens with zero attached hydrogens (tertiary/aromatic N) is 3. The summed E-state index contributed by atoms with van der Waals surface area (Å²) in [5.41, 5.74) is -1.09. The topological polar surface area (TPSA) is 80.0 Å². The standard InChI is InChI=1S/C23H25F3N4O2/c1-21(14-31,15-7-4-3-5-8-15)13-18(32)29-20-27-16-9-10-17(23(24,25)26)28-19(16)30(20)22(2)11-6-12-22/h3-5,7-10,31H,6,11-14H2,1-2H3,(H,27,29,32)/t21-/m1/s1. The van der Waals surface area contributed by atoms with E-state index in [2.05, 4.69) is 15.3 Å². The number of rotatable bonds is 6. The van der Waals surface area contributed by atoms with Gasteiger partial charge in [-0.15, -0.1) is 0 Å². The van der Waals surface area contributed by atoms with Crippen molar-refractivity contribution in [3.63, 3.8) is 0 Å². The second kappa shape index (κ2) is 7.88. The van der Waals surface area contributed by atoms with E-state index >= 15 is 0 Å². The molecule has 0 saturated heterocycles. The highest BCUT2D eigenvalue weighted by Crippen LogP contribution is 2.43. The van der Waals surface area contributed by atoms with Crippen LogP contribution < -0.4 is 5.32 Å². The molecule has 170 valence electrons. The van der Waals surface area contributed by atoms with Crippen LogP contribution in [0.3, 0.4) is 0 Å². The zero-order valence-electron chi connectivity index (χ0n) is 17.9. The molecule has 1 atom stereocenters. The lowest BCUT2D eigenvalue weighted by Crippen LogP contribution is -2.39. The number of alkyl halides is 3. The lowest BCUT2D eigenvalue weighted by Gasteiger charge is -2.40. The summed E-state index contributed by atoms with van der Waals surface area (Å²) in [6.45, 7) is 3.47. The summed E-state index contributed by atoms with van der Waals surface area (Å²) in [5.74, 6) is -0.215. The fraction of sp³-hybridized carbons (Fsp3) is 0.435. The number of benzene rings is 1. The van der Waals surface area contributed by atoms with E-state index in [4.69, 9.17) is 0 Å². The molecule has 2 N–H and O–H groups in total. The van der Waals surface area contributed by atoms with Crippen molar-refractivity contribution in [1.82, 2.24) is 14.5 Å². The zero-order chi connectivity index (χ0) is 23.1. The van der Waals surface area contributed by atoms with Crippen LogP contribution in [-0.4, -0.2) is 32.2 Å². The van der Waals surface area contributed by atoms with Gasteiger partial charge < -0.3 is 5.11 Å². The lowest BCUT2D eigenvalue weighted by molar-refractivity contribution is -0.141. The highest BCUT2D eigenvalue weighted by Gasteiger charge is 2.40. The Balaban J connectivity index is 1.69. The molecule has 2 aromatic heterocycles. The number of nitrogens with one attached hydrogen (secondary N) is 1. The molecular weight excluding hydrogens is 421 g/mol. The number of carbonyl (C=O) groups is 1. The van der Waals surface area contributed by atoms with Crippen molar-refractivity contribution in [3.05, 3.63) is 53.7 Å². The van der Waals surface area contributed by atoms with Gasteiger partial charge >= 0.3 is 6.18 Å². The molecule has 2 heterocycles. The van der Waals surface area contributed by atoms with Gasteiger partial charge in [0.1, 0.15) is 11.2 Å². The predicted molar refractivity (Wildman–Crippen MR) is 114 cm³/mol. The number of anilines is 1. The molecule has 9 heteroatoms. The number of aliphatic hydroxyl groups excluding tert-OH is 1. The maximum absolute atomic E-state index is 13.3. The molecule has 1 aliphatic carbocycles. The molecule has 6 nitrogen and oxygen atoms in total. The first-order valence-electron chi connectivity index (χ1n) is 10.5. The molecule has 1 aliphatic rings. The fourth-order valence-corrected chi connectivity index (χ4v) is 4.24. The Kier molecular flexibility index (Phi) is 5.48. The molecular formula is C23H25F3N4O2. The number of imidazole rings is 1. The fourth-order valence-electron chi connectivity index (χ4n) is 4.24. The first-order chi connectivity index (χ1) is 15.1. The number of halogens is 3. The molecule has 1 amide bonds. The number of aliphatic hydroxyl groups is 1. The van der Waals surface area contributed by atoms with Gasteiger partial charge in [-0.2, -0.15) is 13.2 Å². The van der Waals surface area contributed by atoms with Gasteiger partial charge in [-0.05, 0) is 43.9 Å². The Morgan fingerprint density at radius 3 is 2.41 bits per heavy atom. The Bertz CT molecular complexity index is 1140. The molecule has 0 aliphatic heterocycles. The van der Waals surface area contributed by atoms with E-state index in [-0.39, 0.29) is 36.0 Å².